The van der Waals surface area contributed by atoms with Gasteiger partial charge in [0, 0.05) is 0 Å². The molecule has 1 aromatic rings. The molecule has 0 bridgehead atoms. The second-order valence-electron chi connectivity index (χ2n) is 2.74. The molecular formula is C7H10F3N3O2. The van der Waals surface area contributed by atoms with Gasteiger partial charge < -0.3 is 14.6 Å². The molecule has 0 fully saturated rings. The van der Waals surface area contributed by atoms with Crippen LogP contribution in [0.4, 0.5) is 13.2 Å². The Bertz CT molecular complexity index is 300. The van der Waals surface area contributed by atoms with Crippen molar-refractivity contribution in [2.75, 3.05) is 13.7 Å². The van der Waals surface area contributed by atoms with Gasteiger partial charge in [-0.3, -0.25) is 0 Å². The Kier molecular flexibility index (Phi) is 4.04. The number of ether oxygens (including phenoxy) is 1. The molecule has 0 saturated carbocycles. The first kappa shape index (κ1) is 11.9. The van der Waals surface area contributed by atoms with Gasteiger partial charge in [-0.25, -0.2) is 0 Å². The lowest BCUT2D eigenvalue weighted by molar-refractivity contribution is -0.177. The third-order valence-electron chi connectivity index (χ3n) is 1.34. The van der Waals surface area contributed by atoms with Crippen LogP contribution in [0.15, 0.2) is 4.52 Å². The van der Waals surface area contributed by atoms with E-state index in [4.69, 9.17) is 4.52 Å². The van der Waals surface area contributed by atoms with Crippen molar-refractivity contribution in [3.8, 4) is 0 Å². The molecule has 0 atom stereocenters. The van der Waals surface area contributed by atoms with Crippen LogP contribution in [0.3, 0.4) is 0 Å². The van der Waals surface area contributed by atoms with E-state index in [1.165, 1.54) is 0 Å². The Labute approximate surface area is 83.6 Å². The van der Waals surface area contributed by atoms with Crippen molar-refractivity contribution in [3.63, 3.8) is 0 Å². The zero-order valence-corrected chi connectivity index (χ0v) is 7.97. The number of nitrogens with one attached hydrogen (secondary N) is 1. The first-order valence-corrected chi connectivity index (χ1v) is 4.12. The molecule has 0 amide bonds. The van der Waals surface area contributed by atoms with Crippen molar-refractivity contribution in [1.29, 1.82) is 0 Å². The van der Waals surface area contributed by atoms with E-state index in [0.717, 1.165) is 0 Å². The summed E-state index contributed by atoms with van der Waals surface area (Å²) in [5, 5.41) is 6.20. The molecule has 0 aliphatic heterocycles. The van der Waals surface area contributed by atoms with Gasteiger partial charge in [0.25, 0.3) is 0 Å². The summed E-state index contributed by atoms with van der Waals surface area (Å²) in [5.41, 5.74) is 0. The van der Waals surface area contributed by atoms with E-state index >= 15 is 0 Å². The molecule has 1 rings (SSSR count). The maximum Gasteiger partial charge on any atom is 0.411 e. The number of alkyl halides is 3. The molecular weight excluding hydrogens is 215 g/mol. The Morgan fingerprint density at radius 2 is 2.20 bits per heavy atom. The number of hydrogen-bond acceptors (Lipinski definition) is 5. The summed E-state index contributed by atoms with van der Waals surface area (Å²) in [6.07, 6.45) is -4.34. The molecule has 0 radical (unpaired) electrons. The topological polar surface area (TPSA) is 60.2 Å². The fourth-order valence-electron chi connectivity index (χ4n) is 0.830. The molecule has 1 N–H and O–H groups in total. The summed E-state index contributed by atoms with van der Waals surface area (Å²) < 4.78 is 44.1. The summed E-state index contributed by atoms with van der Waals surface area (Å²) in [4.78, 5) is 3.79. The minimum atomic E-state index is -4.34. The molecule has 86 valence electrons. The zero-order valence-electron chi connectivity index (χ0n) is 7.97. The van der Waals surface area contributed by atoms with Crippen LogP contribution >= 0.6 is 0 Å². The van der Waals surface area contributed by atoms with Crippen LogP contribution in [-0.2, 0) is 17.9 Å². The Balaban J connectivity index is 2.31. The molecule has 0 aromatic carbocycles. The van der Waals surface area contributed by atoms with Gasteiger partial charge in [-0.05, 0) is 7.05 Å². The van der Waals surface area contributed by atoms with Crippen molar-refractivity contribution in [1.82, 2.24) is 15.5 Å². The average Bonchev–Trinajstić information content (AvgIpc) is 2.51. The number of aromatic nitrogens is 2. The second-order valence-corrected chi connectivity index (χ2v) is 2.74. The van der Waals surface area contributed by atoms with Gasteiger partial charge in [0.2, 0.25) is 5.89 Å². The Morgan fingerprint density at radius 3 is 2.80 bits per heavy atom. The van der Waals surface area contributed by atoms with Crippen molar-refractivity contribution in [2.24, 2.45) is 0 Å². The zero-order chi connectivity index (χ0) is 11.3. The Hall–Kier alpha value is -1.15. The number of hydrogen-bond donors (Lipinski definition) is 1. The van der Waals surface area contributed by atoms with E-state index in [1.807, 2.05) is 0 Å². The summed E-state index contributed by atoms with van der Waals surface area (Å²) >= 11 is 0. The van der Waals surface area contributed by atoms with Crippen molar-refractivity contribution in [2.45, 2.75) is 19.3 Å². The van der Waals surface area contributed by atoms with Gasteiger partial charge in [-0.2, -0.15) is 18.2 Å². The van der Waals surface area contributed by atoms with Crippen LogP contribution in [0.1, 0.15) is 11.7 Å². The summed E-state index contributed by atoms with van der Waals surface area (Å²) in [6, 6.07) is 0. The maximum atomic E-state index is 11.7. The van der Waals surface area contributed by atoms with Gasteiger partial charge in [0.05, 0.1) is 6.54 Å². The van der Waals surface area contributed by atoms with Gasteiger partial charge in [0.15, 0.2) is 5.82 Å². The quantitative estimate of drug-likeness (QED) is 0.805. The lowest BCUT2D eigenvalue weighted by atomic mass is 10.6. The molecule has 8 heteroatoms. The molecule has 15 heavy (non-hydrogen) atoms. The molecule has 0 aliphatic rings. The van der Waals surface area contributed by atoms with Crippen LogP contribution in [0.25, 0.3) is 0 Å². The van der Waals surface area contributed by atoms with Crippen molar-refractivity contribution >= 4 is 0 Å². The van der Waals surface area contributed by atoms with Crippen LogP contribution in [0.2, 0.25) is 0 Å². The average molecular weight is 225 g/mol. The molecule has 0 saturated heterocycles. The van der Waals surface area contributed by atoms with Gasteiger partial charge in [-0.15, -0.1) is 0 Å². The van der Waals surface area contributed by atoms with Crippen LogP contribution < -0.4 is 5.32 Å². The predicted octanol–water partition coefficient (Wildman–Crippen LogP) is 0.868. The largest absolute Gasteiger partial charge is 0.411 e. The van der Waals surface area contributed by atoms with Crippen LogP contribution in [0, 0.1) is 0 Å². The smallest absolute Gasteiger partial charge is 0.364 e. The monoisotopic (exact) mass is 225 g/mol. The minimum Gasteiger partial charge on any atom is -0.364 e. The van der Waals surface area contributed by atoms with Gasteiger partial charge >= 0.3 is 6.18 Å². The first-order valence-electron chi connectivity index (χ1n) is 4.12. The summed E-state index contributed by atoms with van der Waals surface area (Å²) in [6.45, 7) is -1.26. The van der Waals surface area contributed by atoms with E-state index < -0.39 is 12.8 Å². The lowest BCUT2D eigenvalue weighted by Crippen LogP contribution is -2.17. The van der Waals surface area contributed by atoms with Crippen molar-refractivity contribution < 1.29 is 22.4 Å². The molecule has 5 nitrogen and oxygen atoms in total. The number of nitrogens with zero attached hydrogens (tertiary/aromatic N) is 2. The highest BCUT2D eigenvalue weighted by molar-refractivity contribution is 4.83. The molecule has 0 aliphatic carbocycles. The molecule has 0 spiro atoms. The SMILES string of the molecule is CNCc1nc(COCC(F)(F)F)no1. The van der Waals surface area contributed by atoms with E-state index in [9.17, 15) is 13.2 Å². The fourth-order valence-corrected chi connectivity index (χ4v) is 0.830. The van der Waals surface area contributed by atoms with E-state index in [2.05, 4.69) is 20.2 Å². The Morgan fingerprint density at radius 1 is 1.47 bits per heavy atom. The summed E-state index contributed by atoms with van der Waals surface area (Å²) in [5.74, 6) is 0.410. The lowest BCUT2D eigenvalue weighted by Gasteiger charge is -2.04. The van der Waals surface area contributed by atoms with E-state index in [1.54, 1.807) is 7.05 Å². The van der Waals surface area contributed by atoms with Gasteiger partial charge in [-0.1, -0.05) is 5.16 Å². The third kappa shape index (κ3) is 4.75. The highest BCUT2D eigenvalue weighted by atomic mass is 19.4. The summed E-state index contributed by atoms with van der Waals surface area (Å²) in [7, 11) is 1.68. The number of rotatable bonds is 5. The standard InChI is InChI=1S/C7H10F3N3O2/c1-11-2-6-12-5(13-15-6)3-14-4-7(8,9)10/h11H,2-4H2,1H3. The minimum absolute atomic E-state index is 0.101. The normalized spacial score (nSPS) is 12.0. The van der Waals surface area contributed by atoms with E-state index in [0.29, 0.717) is 12.4 Å². The molecule has 0 unspecified atom stereocenters. The van der Waals surface area contributed by atoms with Crippen LogP contribution in [0.5, 0.6) is 0 Å². The van der Waals surface area contributed by atoms with Gasteiger partial charge in [0.1, 0.15) is 13.2 Å². The first-order chi connectivity index (χ1) is 7.01. The fraction of sp³-hybridized carbons (Fsp3) is 0.714. The van der Waals surface area contributed by atoms with Crippen LogP contribution in [-0.4, -0.2) is 30.0 Å². The maximum absolute atomic E-state index is 11.7. The second kappa shape index (κ2) is 5.08. The highest BCUT2D eigenvalue weighted by Gasteiger charge is 2.27. The van der Waals surface area contributed by atoms with E-state index in [-0.39, 0.29) is 12.4 Å². The third-order valence-corrected chi connectivity index (χ3v) is 1.34. The van der Waals surface area contributed by atoms with Crippen molar-refractivity contribution in [3.05, 3.63) is 11.7 Å². The highest BCUT2D eigenvalue weighted by Crippen LogP contribution is 2.15. The number of halogens is 3. The molecule has 1 aromatic heterocycles. The molecule has 1 heterocycles. The predicted molar refractivity (Wildman–Crippen MR) is 42.8 cm³/mol.